The lowest BCUT2D eigenvalue weighted by molar-refractivity contribution is 0.218. The number of rotatable bonds is 6. The zero-order valence-electron chi connectivity index (χ0n) is 12.3. The van der Waals surface area contributed by atoms with Gasteiger partial charge in [0.15, 0.2) is 0 Å². The van der Waals surface area contributed by atoms with E-state index in [2.05, 4.69) is 25.5 Å². The SMILES string of the molecule is CC(C)CCC(C)C1CCCC(NS(C)(=O)=O)C1. The molecule has 18 heavy (non-hydrogen) atoms. The van der Waals surface area contributed by atoms with Gasteiger partial charge in [-0.2, -0.15) is 0 Å². The van der Waals surface area contributed by atoms with Crippen LogP contribution in [-0.2, 0) is 10.0 Å². The van der Waals surface area contributed by atoms with Crippen LogP contribution < -0.4 is 4.72 Å². The second kappa shape index (κ2) is 6.90. The summed E-state index contributed by atoms with van der Waals surface area (Å²) in [4.78, 5) is 0. The van der Waals surface area contributed by atoms with Gasteiger partial charge in [-0.25, -0.2) is 13.1 Å². The van der Waals surface area contributed by atoms with Crippen molar-refractivity contribution in [1.82, 2.24) is 4.72 Å². The van der Waals surface area contributed by atoms with E-state index in [-0.39, 0.29) is 6.04 Å². The van der Waals surface area contributed by atoms with E-state index in [9.17, 15) is 8.42 Å². The van der Waals surface area contributed by atoms with E-state index in [4.69, 9.17) is 0 Å². The summed E-state index contributed by atoms with van der Waals surface area (Å²) in [6.07, 6.45) is 8.26. The molecule has 4 heteroatoms. The molecule has 0 spiro atoms. The molecule has 1 aliphatic carbocycles. The molecule has 1 rings (SSSR count). The minimum atomic E-state index is -3.05. The van der Waals surface area contributed by atoms with Crippen molar-refractivity contribution in [3.8, 4) is 0 Å². The molecule has 0 aromatic carbocycles. The van der Waals surface area contributed by atoms with Crippen molar-refractivity contribution in [1.29, 1.82) is 0 Å². The Morgan fingerprint density at radius 2 is 1.83 bits per heavy atom. The van der Waals surface area contributed by atoms with Crippen LogP contribution in [-0.4, -0.2) is 20.7 Å². The highest BCUT2D eigenvalue weighted by molar-refractivity contribution is 7.88. The Bertz CT molecular complexity index is 338. The fraction of sp³-hybridized carbons (Fsp3) is 1.00. The van der Waals surface area contributed by atoms with Crippen molar-refractivity contribution < 1.29 is 8.42 Å². The van der Waals surface area contributed by atoms with Gasteiger partial charge < -0.3 is 0 Å². The van der Waals surface area contributed by atoms with Crippen molar-refractivity contribution in [3.05, 3.63) is 0 Å². The first-order chi connectivity index (χ1) is 8.28. The molecule has 108 valence electrons. The second-order valence-corrected chi connectivity index (χ2v) is 8.24. The Balaban J connectivity index is 2.43. The maximum Gasteiger partial charge on any atom is 0.208 e. The van der Waals surface area contributed by atoms with Crippen LogP contribution in [0.3, 0.4) is 0 Å². The number of hydrogen-bond acceptors (Lipinski definition) is 2. The van der Waals surface area contributed by atoms with Gasteiger partial charge >= 0.3 is 0 Å². The Morgan fingerprint density at radius 3 is 2.39 bits per heavy atom. The summed E-state index contributed by atoms with van der Waals surface area (Å²) >= 11 is 0. The van der Waals surface area contributed by atoms with E-state index in [1.807, 2.05) is 0 Å². The molecule has 0 radical (unpaired) electrons. The summed E-state index contributed by atoms with van der Waals surface area (Å²) in [5, 5.41) is 0. The standard InChI is InChI=1S/C14H29NO2S/c1-11(2)8-9-12(3)13-6-5-7-14(10-13)15-18(4,16)17/h11-15H,5-10H2,1-4H3. The monoisotopic (exact) mass is 275 g/mol. The first-order valence-electron chi connectivity index (χ1n) is 7.25. The minimum absolute atomic E-state index is 0.167. The van der Waals surface area contributed by atoms with Crippen molar-refractivity contribution in [2.45, 2.75) is 65.3 Å². The Morgan fingerprint density at radius 1 is 1.17 bits per heavy atom. The molecular weight excluding hydrogens is 246 g/mol. The molecule has 3 atom stereocenters. The van der Waals surface area contributed by atoms with Gasteiger partial charge in [0, 0.05) is 6.04 Å². The summed E-state index contributed by atoms with van der Waals surface area (Å²) in [6.45, 7) is 6.86. The second-order valence-electron chi connectivity index (χ2n) is 6.46. The highest BCUT2D eigenvalue weighted by Gasteiger charge is 2.27. The molecular formula is C14H29NO2S. The van der Waals surface area contributed by atoms with Crippen molar-refractivity contribution in [2.24, 2.45) is 17.8 Å². The topological polar surface area (TPSA) is 46.2 Å². The van der Waals surface area contributed by atoms with Gasteiger partial charge in [-0.3, -0.25) is 0 Å². The van der Waals surface area contributed by atoms with Gasteiger partial charge in [-0.05, 0) is 30.6 Å². The smallest absolute Gasteiger partial charge is 0.208 e. The third kappa shape index (κ3) is 6.19. The molecule has 0 aromatic heterocycles. The van der Waals surface area contributed by atoms with Crippen LogP contribution in [0.1, 0.15) is 59.3 Å². The molecule has 1 fully saturated rings. The van der Waals surface area contributed by atoms with Crippen LogP contribution in [0.15, 0.2) is 0 Å². The Kier molecular flexibility index (Phi) is 6.12. The van der Waals surface area contributed by atoms with Gasteiger partial charge in [0.1, 0.15) is 0 Å². The fourth-order valence-corrected chi connectivity index (χ4v) is 3.81. The van der Waals surface area contributed by atoms with Gasteiger partial charge in [0.25, 0.3) is 0 Å². The molecule has 0 amide bonds. The van der Waals surface area contributed by atoms with E-state index >= 15 is 0 Å². The maximum atomic E-state index is 11.3. The summed E-state index contributed by atoms with van der Waals surface area (Å²) in [6, 6.07) is 0.167. The molecule has 0 aromatic rings. The first-order valence-corrected chi connectivity index (χ1v) is 9.14. The lowest BCUT2D eigenvalue weighted by atomic mass is 9.76. The molecule has 1 aliphatic rings. The molecule has 0 heterocycles. The lowest BCUT2D eigenvalue weighted by Crippen LogP contribution is -2.38. The highest BCUT2D eigenvalue weighted by Crippen LogP contribution is 2.33. The van der Waals surface area contributed by atoms with Crippen LogP contribution in [0.2, 0.25) is 0 Å². The predicted octanol–water partition coefficient (Wildman–Crippen LogP) is 3.17. The van der Waals surface area contributed by atoms with E-state index in [1.54, 1.807) is 0 Å². The Hall–Kier alpha value is -0.0900. The van der Waals surface area contributed by atoms with Crippen LogP contribution >= 0.6 is 0 Å². The van der Waals surface area contributed by atoms with Gasteiger partial charge in [0.2, 0.25) is 10.0 Å². The summed E-state index contributed by atoms with van der Waals surface area (Å²) < 4.78 is 25.3. The fourth-order valence-electron chi connectivity index (χ4n) is 2.99. The third-order valence-electron chi connectivity index (χ3n) is 4.10. The summed E-state index contributed by atoms with van der Waals surface area (Å²) in [5.74, 6) is 2.18. The lowest BCUT2D eigenvalue weighted by Gasteiger charge is -2.33. The van der Waals surface area contributed by atoms with E-state index in [0.29, 0.717) is 5.92 Å². The molecule has 0 bridgehead atoms. The van der Waals surface area contributed by atoms with Gasteiger partial charge in [-0.1, -0.05) is 46.5 Å². The normalized spacial score (nSPS) is 27.4. The zero-order valence-corrected chi connectivity index (χ0v) is 13.1. The van der Waals surface area contributed by atoms with Crippen LogP contribution in [0.4, 0.5) is 0 Å². The molecule has 0 saturated heterocycles. The van der Waals surface area contributed by atoms with Crippen molar-refractivity contribution in [3.63, 3.8) is 0 Å². The van der Waals surface area contributed by atoms with E-state index in [1.165, 1.54) is 25.5 Å². The third-order valence-corrected chi connectivity index (χ3v) is 4.86. The number of sulfonamides is 1. The average Bonchev–Trinajstić information content (AvgIpc) is 2.23. The zero-order chi connectivity index (χ0) is 13.8. The van der Waals surface area contributed by atoms with Gasteiger partial charge in [-0.15, -0.1) is 0 Å². The van der Waals surface area contributed by atoms with Crippen molar-refractivity contribution >= 4 is 10.0 Å². The van der Waals surface area contributed by atoms with Crippen LogP contribution in [0.5, 0.6) is 0 Å². The Labute approximate surface area is 113 Å². The van der Waals surface area contributed by atoms with Crippen LogP contribution in [0, 0.1) is 17.8 Å². The maximum absolute atomic E-state index is 11.3. The summed E-state index contributed by atoms with van der Waals surface area (Å²) in [7, 11) is -3.05. The largest absolute Gasteiger partial charge is 0.213 e. The van der Waals surface area contributed by atoms with E-state index < -0.39 is 10.0 Å². The molecule has 3 nitrogen and oxygen atoms in total. The first kappa shape index (κ1) is 16.0. The highest BCUT2D eigenvalue weighted by atomic mass is 32.2. The van der Waals surface area contributed by atoms with Gasteiger partial charge in [0.05, 0.1) is 6.26 Å². The van der Waals surface area contributed by atoms with Crippen LogP contribution in [0.25, 0.3) is 0 Å². The molecule has 1 N–H and O–H groups in total. The van der Waals surface area contributed by atoms with E-state index in [0.717, 1.165) is 31.1 Å². The molecule has 0 aliphatic heterocycles. The predicted molar refractivity (Wildman–Crippen MR) is 77.0 cm³/mol. The average molecular weight is 275 g/mol. The minimum Gasteiger partial charge on any atom is -0.213 e. The molecule has 3 unspecified atom stereocenters. The summed E-state index contributed by atoms with van der Waals surface area (Å²) in [5.41, 5.74) is 0. The quantitative estimate of drug-likeness (QED) is 0.809. The molecule has 1 saturated carbocycles. The number of hydrogen-bond donors (Lipinski definition) is 1. The number of nitrogens with one attached hydrogen (secondary N) is 1. The van der Waals surface area contributed by atoms with Crippen molar-refractivity contribution in [2.75, 3.05) is 6.26 Å².